The van der Waals surface area contributed by atoms with E-state index in [4.69, 9.17) is 26.0 Å². The summed E-state index contributed by atoms with van der Waals surface area (Å²) in [7, 11) is 0. The van der Waals surface area contributed by atoms with Gasteiger partial charge in [0.15, 0.2) is 5.82 Å². The number of hydrogen-bond acceptors (Lipinski definition) is 5. The predicted octanol–water partition coefficient (Wildman–Crippen LogP) is 6.26. The van der Waals surface area contributed by atoms with Crippen LogP contribution >= 0.6 is 11.6 Å². The summed E-state index contributed by atoms with van der Waals surface area (Å²) in [4.78, 5) is 24.5. The number of hydrogen-bond donors (Lipinski definition) is 1. The van der Waals surface area contributed by atoms with Crippen molar-refractivity contribution in [3.8, 4) is 11.4 Å². The van der Waals surface area contributed by atoms with Crippen molar-refractivity contribution in [1.29, 1.82) is 0 Å². The Morgan fingerprint density at radius 2 is 1.69 bits per heavy atom. The Morgan fingerprint density at radius 1 is 0.917 bits per heavy atom. The topological polar surface area (TPSA) is 71.3 Å². The second-order valence-corrected chi connectivity index (χ2v) is 8.85. The van der Waals surface area contributed by atoms with Gasteiger partial charge in [-0.1, -0.05) is 72.3 Å². The van der Waals surface area contributed by atoms with Gasteiger partial charge < -0.3 is 14.6 Å². The molecule has 2 heterocycles. The molecule has 2 aromatic heterocycles. The molecule has 1 N–H and O–H groups in total. The van der Waals surface area contributed by atoms with E-state index in [1.165, 1.54) is 0 Å². The average Bonchev–Trinajstić information content (AvgIpc) is 3.43. The number of carbonyl (C=O) groups excluding carboxylic acids is 1. The molecule has 36 heavy (non-hydrogen) atoms. The molecule has 0 aliphatic rings. The molecule has 0 radical (unpaired) electrons. The first-order valence-corrected chi connectivity index (χ1v) is 12.1. The van der Waals surface area contributed by atoms with Crippen molar-refractivity contribution in [3.05, 3.63) is 114 Å². The van der Waals surface area contributed by atoms with Crippen molar-refractivity contribution in [3.63, 3.8) is 0 Å². The van der Waals surface area contributed by atoms with E-state index in [0.717, 1.165) is 33.6 Å². The molecule has 6 nitrogen and oxygen atoms in total. The Morgan fingerprint density at radius 3 is 2.44 bits per heavy atom. The number of carbonyl (C=O) groups is 1. The third-order valence-corrected chi connectivity index (χ3v) is 6.07. The molecule has 0 fully saturated rings. The number of nitrogens with zero attached hydrogens (tertiary/aromatic N) is 3. The predicted molar refractivity (Wildman–Crippen MR) is 143 cm³/mol. The smallest absolute Gasteiger partial charge is 0.222 e. The van der Waals surface area contributed by atoms with Gasteiger partial charge in [0.05, 0.1) is 18.3 Å². The minimum atomic E-state index is -0.0343. The summed E-state index contributed by atoms with van der Waals surface area (Å²) in [5.41, 5.74) is 2.70. The van der Waals surface area contributed by atoms with Crippen molar-refractivity contribution >= 4 is 34.2 Å². The molecular weight excluding hydrogens is 472 g/mol. The van der Waals surface area contributed by atoms with Gasteiger partial charge in [-0.15, -0.1) is 0 Å². The Balaban J connectivity index is 1.45. The molecule has 7 heteroatoms. The summed E-state index contributed by atoms with van der Waals surface area (Å²) in [5, 5.41) is 4.47. The molecule has 3 aromatic carbocycles. The normalized spacial score (nSPS) is 10.9. The van der Waals surface area contributed by atoms with Gasteiger partial charge in [-0.25, -0.2) is 9.97 Å². The van der Waals surface area contributed by atoms with Crippen molar-refractivity contribution < 1.29 is 9.21 Å². The number of benzene rings is 3. The van der Waals surface area contributed by atoms with Crippen molar-refractivity contribution in [2.24, 2.45) is 0 Å². The summed E-state index contributed by atoms with van der Waals surface area (Å²) in [6, 6.07) is 29.1. The SMILES string of the molecule is O=C(CCN(Cc1ccco1)c1nc(-c2ccccc2)nc2cc(Cl)ccc12)NCc1ccccc1. The molecule has 0 spiro atoms. The maximum absolute atomic E-state index is 12.7. The molecule has 5 rings (SSSR count). The highest BCUT2D eigenvalue weighted by molar-refractivity contribution is 6.31. The molecule has 180 valence electrons. The van der Waals surface area contributed by atoms with Gasteiger partial charge in [0.2, 0.25) is 5.91 Å². The van der Waals surface area contributed by atoms with Crippen molar-refractivity contribution in [1.82, 2.24) is 15.3 Å². The summed E-state index contributed by atoms with van der Waals surface area (Å²) >= 11 is 6.31. The number of halogens is 1. The van der Waals surface area contributed by atoms with Crippen molar-refractivity contribution in [2.75, 3.05) is 11.4 Å². The first kappa shape index (κ1) is 23.6. The first-order valence-electron chi connectivity index (χ1n) is 11.8. The quantitative estimate of drug-likeness (QED) is 0.261. The zero-order chi connectivity index (χ0) is 24.7. The minimum Gasteiger partial charge on any atom is -0.467 e. The highest BCUT2D eigenvalue weighted by Gasteiger charge is 2.18. The molecule has 0 saturated heterocycles. The largest absolute Gasteiger partial charge is 0.467 e. The molecule has 0 bridgehead atoms. The van der Waals surface area contributed by atoms with E-state index < -0.39 is 0 Å². The number of aromatic nitrogens is 2. The van der Waals surface area contributed by atoms with Gasteiger partial charge in [0, 0.05) is 35.5 Å². The van der Waals surface area contributed by atoms with Crippen LogP contribution in [-0.2, 0) is 17.9 Å². The number of nitrogens with one attached hydrogen (secondary N) is 1. The fraction of sp³-hybridized carbons (Fsp3) is 0.138. The Hall–Kier alpha value is -4.16. The lowest BCUT2D eigenvalue weighted by Gasteiger charge is -2.24. The molecular formula is C29H25ClN4O2. The molecule has 0 atom stereocenters. The lowest BCUT2D eigenvalue weighted by atomic mass is 10.1. The van der Waals surface area contributed by atoms with Crippen molar-refractivity contribution in [2.45, 2.75) is 19.5 Å². The lowest BCUT2D eigenvalue weighted by molar-refractivity contribution is -0.121. The van der Waals surface area contributed by atoms with Crippen LogP contribution in [-0.4, -0.2) is 22.4 Å². The fourth-order valence-corrected chi connectivity index (χ4v) is 4.18. The number of rotatable bonds is 9. The maximum atomic E-state index is 12.7. The fourth-order valence-electron chi connectivity index (χ4n) is 4.02. The molecule has 0 aliphatic heterocycles. The summed E-state index contributed by atoms with van der Waals surface area (Å²) in [5.74, 6) is 2.07. The van der Waals surface area contributed by atoms with E-state index in [2.05, 4.69) is 10.2 Å². The lowest BCUT2D eigenvalue weighted by Crippen LogP contribution is -2.31. The standard InChI is InChI=1S/C29H25ClN4O2/c30-23-13-14-25-26(18-23)32-28(22-10-5-2-6-11-22)33-29(25)34(20-24-12-7-17-36-24)16-15-27(35)31-19-21-8-3-1-4-9-21/h1-14,17-18H,15-16,19-20H2,(H,31,35). The van der Waals surface area contributed by atoms with Crippen LogP contribution in [0.2, 0.25) is 5.02 Å². The second kappa shape index (κ2) is 11.1. The molecule has 1 amide bonds. The Labute approximate surface area is 214 Å². The van der Waals surface area contributed by atoms with Crippen LogP contribution in [0.25, 0.3) is 22.3 Å². The summed E-state index contributed by atoms with van der Waals surface area (Å²) in [6.45, 7) is 1.40. The van der Waals surface area contributed by atoms with Crippen LogP contribution < -0.4 is 10.2 Å². The van der Waals surface area contributed by atoms with E-state index in [1.807, 2.05) is 91.0 Å². The van der Waals surface area contributed by atoms with Crippen LogP contribution in [0.3, 0.4) is 0 Å². The second-order valence-electron chi connectivity index (χ2n) is 8.41. The van der Waals surface area contributed by atoms with Gasteiger partial charge in [-0.05, 0) is 35.9 Å². The average molecular weight is 497 g/mol. The zero-order valence-electron chi connectivity index (χ0n) is 19.6. The number of fused-ring (bicyclic) bond motifs is 1. The van der Waals surface area contributed by atoms with E-state index in [-0.39, 0.29) is 5.91 Å². The first-order chi connectivity index (χ1) is 17.7. The number of amides is 1. The molecule has 0 saturated carbocycles. The van der Waals surface area contributed by atoms with Gasteiger partial charge in [0.25, 0.3) is 0 Å². The van der Waals surface area contributed by atoms with Crippen LogP contribution in [0.5, 0.6) is 0 Å². The van der Waals surface area contributed by atoms with Gasteiger partial charge in [0.1, 0.15) is 11.6 Å². The van der Waals surface area contributed by atoms with Crippen LogP contribution in [0.1, 0.15) is 17.7 Å². The molecule has 0 aliphatic carbocycles. The molecule has 0 unspecified atom stereocenters. The van der Waals surface area contributed by atoms with Gasteiger partial charge >= 0.3 is 0 Å². The van der Waals surface area contributed by atoms with E-state index in [9.17, 15) is 4.79 Å². The maximum Gasteiger partial charge on any atom is 0.222 e. The summed E-state index contributed by atoms with van der Waals surface area (Å²) in [6.07, 6.45) is 1.95. The highest BCUT2D eigenvalue weighted by Crippen LogP contribution is 2.30. The Bertz CT molecular complexity index is 1440. The zero-order valence-corrected chi connectivity index (χ0v) is 20.4. The molecule has 5 aromatic rings. The van der Waals surface area contributed by atoms with Gasteiger partial charge in [-0.3, -0.25) is 4.79 Å². The number of furan rings is 1. The van der Waals surface area contributed by atoms with Crippen LogP contribution in [0, 0.1) is 0 Å². The highest BCUT2D eigenvalue weighted by atomic mass is 35.5. The van der Waals surface area contributed by atoms with Crippen LogP contribution in [0.15, 0.2) is 102 Å². The minimum absolute atomic E-state index is 0.0343. The van der Waals surface area contributed by atoms with E-state index in [0.29, 0.717) is 36.9 Å². The third kappa shape index (κ3) is 5.73. The Kier molecular flexibility index (Phi) is 7.24. The third-order valence-electron chi connectivity index (χ3n) is 5.84. The van der Waals surface area contributed by atoms with E-state index >= 15 is 0 Å². The monoisotopic (exact) mass is 496 g/mol. The van der Waals surface area contributed by atoms with Gasteiger partial charge in [-0.2, -0.15) is 0 Å². The van der Waals surface area contributed by atoms with E-state index in [1.54, 1.807) is 6.26 Å². The summed E-state index contributed by atoms with van der Waals surface area (Å²) < 4.78 is 5.64. The van der Waals surface area contributed by atoms with Crippen LogP contribution in [0.4, 0.5) is 5.82 Å². The number of anilines is 1.